The van der Waals surface area contributed by atoms with Crippen molar-refractivity contribution in [2.75, 3.05) is 46.0 Å². The van der Waals surface area contributed by atoms with E-state index >= 15 is 0 Å². The molecule has 3 saturated heterocycles. The maximum atomic E-state index is 11.0. The van der Waals surface area contributed by atoms with E-state index in [1.54, 1.807) is 0 Å². The average Bonchev–Trinajstić information content (AvgIpc) is 3.37. The number of nitrogens with zero attached hydrogens (tertiary/aromatic N) is 2. The van der Waals surface area contributed by atoms with Crippen LogP contribution < -0.4 is 0 Å². The highest BCUT2D eigenvalue weighted by Crippen LogP contribution is 2.40. The van der Waals surface area contributed by atoms with Crippen molar-refractivity contribution in [3.63, 3.8) is 0 Å². The highest BCUT2D eigenvalue weighted by atomic mass is 16.5. The van der Waals surface area contributed by atoms with Crippen LogP contribution in [0.1, 0.15) is 36.3 Å². The summed E-state index contributed by atoms with van der Waals surface area (Å²) in [6.45, 7) is 5.41. The number of benzene rings is 1. The summed E-state index contributed by atoms with van der Waals surface area (Å²) < 4.78 is 11.6. The van der Waals surface area contributed by atoms with Gasteiger partial charge in [0.2, 0.25) is 0 Å². The summed E-state index contributed by atoms with van der Waals surface area (Å²) >= 11 is 0. The summed E-state index contributed by atoms with van der Waals surface area (Å²) in [5.74, 6) is 0.594. The van der Waals surface area contributed by atoms with Crippen molar-refractivity contribution in [1.82, 2.24) is 9.80 Å². The Bertz CT molecular complexity index is 778. The van der Waals surface area contributed by atoms with Crippen molar-refractivity contribution in [3.05, 3.63) is 41.5 Å². The van der Waals surface area contributed by atoms with Gasteiger partial charge < -0.3 is 19.5 Å². The molecule has 0 saturated carbocycles. The van der Waals surface area contributed by atoms with Crippen LogP contribution in [0.25, 0.3) is 5.57 Å². The van der Waals surface area contributed by atoms with Crippen molar-refractivity contribution in [3.8, 4) is 0 Å². The van der Waals surface area contributed by atoms with Crippen molar-refractivity contribution >= 4 is 11.7 Å². The van der Waals surface area contributed by atoms with E-state index in [0.29, 0.717) is 25.0 Å². The number of rotatable bonds is 3. The fourth-order valence-corrected chi connectivity index (χ4v) is 5.36. The SMILES string of the molecule is O=C(O)N1CC2(CC(N3CCC(c4ccccc4C4=CCOC4)CC3)CO2)C1. The predicted octanol–water partition coefficient (Wildman–Crippen LogP) is 2.80. The third-order valence-corrected chi connectivity index (χ3v) is 6.92. The lowest BCUT2D eigenvalue weighted by atomic mass is 9.83. The first-order valence-corrected chi connectivity index (χ1v) is 10.4. The van der Waals surface area contributed by atoms with Crippen LogP contribution in [0.5, 0.6) is 0 Å². The molecule has 1 aromatic carbocycles. The molecule has 1 amide bonds. The zero-order chi connectivity index (χ0) is 19.1. The van der Waals surface area contributed by atoms with Gasteiger partial charge in [-0.25, -0.2) is 4.79 Å². The molecule has 0 aromatic heterocycles. The summed E-state index contributed by atoms with van der Waals surface area (Å²) in [4.78, 5) is 15.1. The molecular weight excluding hydrogens is 356 g/mol. The first-order valence-electron chi connectivity index (χ1n) is 10.4. The van der Waals surface area contributed by atoms with Gasteiger partial charge in [0.15, 0.2) is 0 Å². The smallest absolute Gasteiger partial charge is 0.407 e. The number of ether oxygens (including phenoxy) is 2. The minimum atomic E-state index is -0.833. The number of amides is 1. The Morgan fingerprint density at radius 1 is 1.18 bits per heavy atom. The number of piperidine rings is 1. The van der Waals surface area contributed by atoms with Crippen LogP contribution in [-0.2, 0) is 9.47 Å². The highest BCUT2D eigenvalue weighted by molar-refractivity contribution is 5.71. The number of hydrogen-bond acceptors (Lipinski definition) is 4. The molecule has 5 rings (SSSR count). The molecule has 4 aliphatic heterocycles. The summed E-state index contributed by atoms with van der Waals surface area (Å²) in [6, 6.07) is 9.24. The molecule has 4 aliphatic rings. The van der Waals surface area contributed by atoms with Crippen LogP contribution in [0.2, 0.25) is 0 Å². The lowest BCUT2D eigenvalue weighted by Gasteiger charge is -2.45. The van der Waals surface area contributed by atoms with Gasteiger partial charge >= 0.3 is 6.09 Å². The number of carboxylic acid groups (broad SMARTS) is 1. The number of hydrogen-bond donors (Lipinski definition) is 1. The first kappa shape index (κ1) is 18.2. The lowest BCUT2D eigenvalue weighted by molar-refractivity contribution is -0.0982. The molecule has 1 aromatic rings. The molecule has 3 fully saturated rings. The van der Waals surface area contributed by atoms with Crippen LogP contribution >= 0.6 is 0 Å². The maximum absolute atomic E-state index is 11.0. The third kappa shape index (κ3) is 3.23. The van der Waals surface area contributed by atoms with Gasteiger partial charge in [0.1, 0.15) is 5.60 Å². The second-order valence-electron chi connectivity index (χ2n) is 8.63. The molecule has 150 valence electrons. The number of carbonyl (C=O) groups is 1. The maximum Gasteiger partial charge on any atom is 0.407 e. The van der Waals surface area contributed by atoms with E-state index in [1.807, 2.05) is 0 Å². The lowest BCUT2D eigenvalue weighted by Crippen LogP contribution is -2.63. The summed E-state index contributed by atoms with van der Waals surface area (Å²) in [6.07, 6.45) is 4.66. The summed E-state index contributed by atoms with van der Waals surface area (Å²) in [5.41, 5.74) is 3.94. The predicted molar refractivity (Wildman–Crippen MR) is 105 cm³/mol. The van der Waals surface area contributed by atoms with Gasteiger partial charge in [0, 0.05) is 6.04 Å². The molecule has 0 bridgehead atoms. The van der Waals surface area contributed by atoms with Crippen molar-refractivity contribution in [1.29, 1.82) is 0 Å². The van der Waals surface area contributed by atoms with Crippen molar-refractivity contribution in [2.45, 2.75) is 36.8 Å². The van der Waals surface area contributed by atoms with Crippen molar-refractivity contribution < 1.29 is 19.4 Å². The molecule has 1 unspecified atom stereocenters. The Kier molecular flexibility index (Phi) is 4.65. The summed E-state index contributed by atoms with van der Waals surface area (Å²) in [7, 11) is 0. The second kappa shape index (κ2) is 7.17. The second-order valence-corrected chi connectivity index (χ2v) is 8.63. The molecule has 1 N–H and O–H groups in total. The van der Waals surface area contributed by atoms with Gasteiger partial charge in [-0.1, -0.05) is 30.3 Å². The van der Waals surface area contributed by atoms with Gasteiger partial charge in [0.25, 0.3) is 0 Å². The van der Waals surface area contributed by atoms with E-state index in [4.69, 9.17) is 14.6 Å². The Balaban J connectivity index is 1.20. The largest absolute Gasteiger partial charge is 0.465 e. The van der Waals surface area contributed by atoms with Crippen LogP contribution in [-0.4, -0.2) is 78.6 Å². The Labute approximate surface area is 165 Å². The Morgan fingerprint density at radius 2 is 1.96 bits per heavy atom. The van der Waals surface area contributed by atoms with Crippen molar-refractivity contribution in [2.24, 2.45) is 0 Å². The quantitative estimate of drug-likeness (QED) is 0.868. The van der Waals surface area contributed by atoms with Crippen LogP contribution in [0.15, 0.2) is 30.3 Å². The molecule has 1 spiro atoms. The van der Waals surface area contributed by atoms with E-state index in [1.165, 1.54) is 21.6 Å². The van der Waals surface area contributed by atoms with Gasteiger partial charge in [0.05, 0.1) is 32.9 Å². The monoisotopic (exact) mass is 384 g/mol. The fraction of sp³-hybridized carbons (Fsp3) is 0.591. The Morgan fingerprint density at radius 3 is 2.68 bits per heavy atom. The molecule has 28 heavy (non-hydrogen) atoms. The molecule has 6 nitrogen and oxygen atoms in total. The van der Waals surface area contributed by atoms with E-state index in [-0.39, 0.29) is 5.60 Å². The van der Waals surface area contributed by atoms with Gasteiger partial charge in [-0.3, -0.25) is 4.90 Å². The summed E-state index contributed by atoms with van der Waals surface area (Å²) in [5, 5.41) is 9.08. The van der Waals surface area contributed by atoms with Gasteiger partial charge in [-0.05, 0) is 55.0 Å². The van der Waals surface area contributed by atoms with Crippen LogP contribution in [0, 0.1) is 0 Å². The third-order valence-electron chi connectivity index (χ3n) is 6.92. The van der Waals surface area contributed by atoms with E-state index < -0.39 is 6.09 Å². The van der Waals surface area contributed by atoms with Gasteiger partial charge in [-0.15, -0.1) is 0 Å². The molecule has 6 heteroatoms. The van der Waals surface area contributed by atoms with Crippen LogP contribution in [0.4, 0.5) is 4.79 Å². The van der Waals surface area contributed by atoms with E-state index in [0.717, 1.165) is 52.2 Å². The minimum Gasteiger partial charge on any atom is -0.465 e. The minimum absolute atomic E-state index is 0.221. The first-order chi connectivity index (χ1) is 13.6. The van der Waals surface area contributed by atoms with E-state index in [9.17, 15) is 4.79 Å². The zero-order valence-electron chi connectivity index (χ0n) is 16.2. The average molecular weight is 384 g/mol. The Hall–Kier alpha value is -1.89. The van der Waals surface area contributed by atoms with Gasteiger partial charge in [-0.2, -0.15) is 0 Å². The molecule has 0 aliphatic carbocycles. The topological polar surface area (TPSA) is 62.2 Å². The fourth-order valence-electron chi connectivity index (χ4n) is 5.36. The number of likely N-dealkylation sites (tertiary alicyclic amines) is 2. The molecule has 0 radical (unpaired) electrons. The molecule has 4 heterocycles. The molecule has 1 atom stereocenters. The molecular formula is C22H28N2O4. The standard InChI is InChI=1S/C22H28N2O4/c25-21(26)24-14-22(15-24)11-18(13-28-22)23-8-5-16(6-9-23)19-3-1-2-4-20(19)17-7-10-27-12-17/h1-4,7,16,18H,5-6,8-15H2,(H,25,26). The van der Waals surface area contributed by atoms with Crippen LogP contribution in [0.3, 0.4) is 0 Å². The zero-order valence-corrected chi connectivity index (χ0v) is 16.2. The normalized spacial score (nSPS) is 27.8. The highest BCUT2D eigenvalue weighted by Gasteiger charge is 2.52. The van der Waals surface area contributed by atoms with E-state index in [2.05, 4.69) is 35.2 Å².